The lowest BCUT2D eigenvalue weighted by Crippen LogP contribution is -1.91. The Hall–Kier alpha value is -1.78. The Morgan fingerprint density at radius 1 is 0.941 bits per heavy atom. The van der Waals surface area contributed by atoms with Crippen LogP contribution in [0.2, 0.25) is 0 Å². The van der Waals surface area contributed by atoms with Crippen molar-refractivity contribution in [1.82, 2.24) is 25.2 Å². The summed E-state index contributed by atoms with van der Waals surface area (Å²) in [5.74, 6) is 0.711. The van der Waals surface area contributed by atoms with E-state index >= 15 is 0 Å². The maximum Gasteiger partial charge on any atom is 0.171 e. The maximum absolute atomic E-state index is 3.81. The van der Waals surface area contributed by atoms with Gasteiger partial charge in [-0.05, 0) is 24.3 Å². The predicted molar refractivity (Wildman–Crippen MR) is 70.5 cm³/mol. The Balaban J connectivity index is 0. The molecule has 2 aromatic rings. The van der Waals surface area contributed by atoms with Crippen LogP contribution in [0.1, 0.15) is 33.5 Å². The fourth-order valence-electron chi connectivity index (χ4n) is 0.691. The third-order valence-electron chi connectivity index (χ3n) is 1.17. The van der Waals surface area contributed by atoms with Crippen LogP contribution in [0.15, 0.2) is 30.6 Å². The molecule has 17 heavy (non-hydrogen) atoms. The molecule has 0 bridgehead atoms. The molecular formula is C12H23N5. The van der Waals surface area contributed by atoms with Crippen LogP contribution in [-0.4, -0.2) is 25.2 Å². The van der Waals surface area contributed by atoms with Crippen molar-refractivity contribution in [2.45, 2.75) is 34.6 Å². The first-order valence-corrected chi connectivity index (χ1v) is 5.84. The van der Waals surface area contributed by atoms with E-state index in [1.165, 1.54) is 4.80 Å². The van der Waals surface area contributed by atoms with Crippen molar-refractivity contribution in [1.29, 1.82) is 0 Å². The van der Waals surface area contributed by atoms with E-state index in [0.29, 0.717) is 5.82 Å². The number of rotatable bonds is 0. The molecule has 2 aromatic heterocycles. The molecule has 0 aliphatic rings. The van der Waals surface area contributed by atoms with Crippen molar-refractivity contribution in [3.8, 4) is 0 Å². The first-order valence-electron chi connectivity index (χ1n) is 5.84. The summed E-state index contributed by atoms with van der Waals surface area (Å²) in [6, 6.07) is 5.72. The van der Waals surface area contributed by atoms with Gasteiger partial charge in [-0.15, -0.1) is 10.2 Å². The number of nitrogens with zero attached hydrogens (tertiary/aromatic N) is 5. The van der Waals surface area contributed by atoms with E-state index in [0.717, 1.165) is 0 Å². The summed E-state index contributed by atoms with van der Waals surface area (Å²) in [5.41, 5.74) is 0. The largest absolute Gasteiger partial charge is 0.265 e. The molecule has 0 N–H and O–H groups in total. The Morgan fingerprint density at radius 2 is 1.47 bits per heavy atom. The fraction of sp³-hybridized carbons (Fsp3) is 0.500. The molecule has 96 valence electrons. The van der Waals surface area contributed by atoms with Crippen LogP contribution >= 0.6 is 0 Å². The van der Waals surface area contributed by atoms with Crippen LogP contribution in [0, 0.1) is 6.92 Å². The Kier molecular flexibility index (Phi) is 14.7. The molecule has 2 rings (SSSR count). The maximum atomic E-state index is 3.81. The molecule has 0 atom stereocenters. The molecule has 0 radical (unpaired) electrons. The van der Waals surface area contributed by atoms with Crippen molar-refractivity contribution >= 4 is 0 Å². The van der Waals surface area contributed by atoms with E-state index < -0.39 is 0 Å². The number of pyridine rings is 1. The second-order valence-corrected chi connectivity index (χ2v) is 2.35. The number of hydrogen-bond donors (Lipinski definition) is 0. The summed E-state index contributed by atoms with van der Waals surface area (Å²) < 4.78 is 0. The molecule has 0 unspecified atom stereocenters. The SMILES string of the molecule is CC.CC.Cc1nnn(C)n1.c1ccncc1. The van der Waals surface area contributed by atoms with E-state index in [-0.39, 0.29) is 0 Å². The molecule has 0 saturated carbocycles. The molecule has 2 heterocycles. The molecule has 0 aromatic carbocycles. The Morgan fingerprint density at radius 3 is 1.59 bits per heavy atom. The van der Waals surface area contributed by atoms with Crippen LogP contribution in [0.5, 0.6) is 0 Å². The molecular weight excluding hydrogens is 214 g/mol. The Bertz CT molecular complexity index is 288. The van der Waals surface area contributed by atoms with Crippen LogP contribution < -0.4 is 0 Å². The zero-order valence-electron chi connectivity index (χ0n) is 11.6. The van der Waals surface area contributed by atoms with Gasteiger partial charge in [0.05, 0.1) is 7.05 Å². The fourth-order valence-corrected chi connectivity index (χ4v) is 0.691. The van der Waals surface area contributed by atoms with E-state index in [4.69, 9.17) is 0 Å². The first-order chi connectivity index (χ1) is 8.29. The normalized spacial score (nSPS) is 7.41. The number of hydrogen-bond acceptors (Lipinski definition) is 4. The van der Waals surface area contributed by atoms with Gasteiger partial charge in [-0.1, -0.05) is 33.8 Å². The highest BCUT2D eigenvalue weighted by Crippen LogP contribution is 1.74. The quantitative estimate of drug-likeness (QED) is 0.707. The average molecular weight is 237 g/mol. The number of aryl methyl sites for hydroxylation is 2. The Labute approximate surface area is 104 Å². The van der Waals surface area contributed by atoms with E-state index in [1.807, 2.05) is 45.9 Å². The summed E-state index contributed by atoms with van der Waals surface area (Å²) in [4.78, 5) is 5.21. The van der Waals surface area contributed by atoms with Crippen molar-refractivity contribution in [3.05, 3.63) is 36.4 Å². The van der Waals surface area contributed by atoms with Gasteiger partial charge in [-0.25, -0.2) is 0 Å². The van der Waals surface area contributed by atoms with Crippen LogP contribution in [0.4, 0.5) is 0 Å². The van der Waals surface area contributed by atoms with Gasteiger partial charge in [0, 0.05) is 12.4 Å². The summed E-state index contributed by atoms with van der Waals surface area (Å²) in [6.07, 6.45) is 3.50. The summed E-state index contributed by atoms with van der Waals surface area (Å²) in [7, 11) is 1.74. The van der Waals surface area contributed by atoms with Gasteiger partial charge >= 0.3 is 0 Å². The molecule has 0 fully saturated rings. The summed E-state index contributed by atoms with van der Waals surface area (Å²) in [5, 5.41) is 11.0. The monoisotopic (exact) mass is 237 g/mol. The van der Waals surface area contributed by atoms with Gasteiger partial charge in [-0.2, -0.15) is 4.80 Å². The highest BCUT2D eigenvalue weighted by Gasteiger charge is 1.85. The molecule has 5 nitrogen and oxygen atoms in total. The lowest BCUT2D eigenvalue weighted by Gasteiger charge is -1.73. The van der Waals surface area contributed by atoms with Crippen molar-refractivity contribution in [2.75, 3.05) is 0 Å². The van der Waals surface area contributed by atoms with Gasteiger partial charge in [0.2, 0.25) is 0 Å². The molecule has 0 aliphatic heterocycles. The van der Waals surface area contributed by atoms with E-state index in [2.05, 4.69) is 20.4 Å². The number of aromatic nitrogens is 5. The lowest BCUT2D eigenvalue weighted by atomic mass is 10.5. The molecule has 0 amide bonds. The van der Waals surface area contributed by atoms with Crippen LogP contribution in [0.25, 0.3) is 0 Å². The standard InChI is InChI=1S/C5H5N.C3H6N4.2C2H6/c1-2-4-6-5-3-1;1-3-4-6-7(2)5-3;2*1-2/h1-5H;1-2H3;2*1-2H3. The van der Waals surface area contributed by atoms with Crippen molar-refractivity contribution < 1.29 is 0 Å². The second-order valence-electron chi connectivity index (χ2n) is 2.35. The van der Waals surface area contributed by atoms with Gasteiger partial charge in [0.25, 0.3) is 0 Å². The number of tetrazole rings is 1. The molecule has 0 aliphatic carbocycles. The molecule has 5 heteroatoms. The van der Waals surface area contributed by atoms with Crippen LogP contribution in [0.3, 0.4) is 0 Å². The van der Waals surface area contributed by atoms with Gasteiger partial charge < -0.3 is 0 Å². The van der Waals surface area contributed by atoms with Crippen LogP contribution in [-0.2, 0) is 7.05 Å². The minimum absolute atomic E-state index is 0.711. The van der Waals surface area contributed by atoms with Gasteiger partial charge in [0.1, 0.15) is 0 Å². The predicted octanol–water partition coefficient (Wildman–Crippen LogP) is 2.65. The molecule has 0 spiro atoms. The molecule has 0 saturated heterocycles. The zero-order chi connectivity index (χ0) is 13.5. The minimum atomic E-state index is 0.711. The van der Waals surface area contributed by atoms with E-state index in [9.17, 15) is 0 Å². The van der Waals surface area contributed by atoms with Gasteiger partial charge in [0.15, 0.2) is 5.82 Å². The average Bonchev–Trinajstić information content (AvgIpc) is 2.81. The van der Waals surface area contributed by atoms with Crippen molar-refractivity contribution in [3.63, 3.8) is 0 Å². The smallest absolute Gasteiger partial charge is 0.171 e. The first kappa shape index (κ1) is 17.6. The van der Waals surface area contributed by atoms with Gasteiger partial charge in [-0.3, -0.25) is 4.98 Å². The third kappa shape index (κ3) is 12.2. The summed E-state index contributed by atoms with van der Waals surface area (Å²) >= 11 is 0. The topological polar surface area (TPSA) is 56.5 Å². The summed E-state index contributed by atoms with van der Waals surface area (Å²) in [6.45, 7) is 9.80. The second kappa shape index (κ2) is 14.2. The third-order valence-corrected chi connectivity index (χ3v) is 1.17. The van der Waals surface area contributed by atoms with Crippen molar-refractivity contribution in [2.24, 2.45) is 7.05 Å². The van der Waals surface area contributed by atoms with E-state index in [1.54, 1.807) is 26.4 Å². The highest BCUT2D eigenvalue weighted by molar-refractivity contribution is 4.88. The minimum Gasteiger partial charge on any atom is -0.265 e. The lowest BCUT2D eigenvalue weighted by molar-refractivity contribution is 0.629. The zero-order valence-corrected chi connectivity index (χ0v) is 11.6. The highest BCUT2D eigenvalue weighted by atomic mass is 15.6.